The molecule has 0 aromatic heterocycles. The first kappa shape index (κ1) is 21.8. The van der Waals surface area contributed by atoms with Gasteiger partial charge in [0.1, 0.15) is 18.4 Å². The van der Waals surface area contributed by atoms with Gasteiger partial charge in [0.05, 0.1) is 12.1 Å². The zero-order valence-corrected chi connectivity index (χ0v) is 14.9. The predicted octanol–water partition coefficient (Wildman–Crippen LogP) is 3.63. The Bertz CT molecular complexity index is 704. The summed E-state index contributed by atoms with van der Waals surface area (Å²) in [4.78, 5) is 12.0. The van der Waals surface area contributed by atoms with Crippen LogP contribution in [0.3, 0.4) is 0 Å². The first-order valence-electron chi connectivity index (χ1n) is 7.67. The van der Waals surface area contributed by atoms with Crippen LogP contribution >= 0.6 is 12.4 Å². The van der Waals surface area contributed by atoms with Crippen LogP contribution in [0, 0.1) is 6.92 Å². The molecule has 0 fully saturated rings. The fourth-order valence-electron chi connectivity index (χ4n) is 2.12. The Hall–Kier alpha value is -2.25. The van der Waals surface area contributed by atoms with Crippen LogP contribution in [0.5, 0.6) is 5.75 Å². The number of hydrogen-bond acceptors (Lipinski definition) is 3. The molecule has 2 rings (SSSR count). The third-order valence-electron chi connectivity index (χ3n) is 3.57. The average molecular weight is 389 g/mol. The molecule has 0 aliphatic rings. The predicted molar refractivity (Wildman–Crippen MR) is 95.3 cm³/mol. The number of nitrogens with one attached hydrogen (secondary N) is 1. The third-order valence-corrected chi connectivity index (χ3v) is 3.57. The van der Waals surface area contributed by atoms with Crippen molar-refractivity contribution < 1.29 is 22.7 Å². The highest BCUT2D eigenvalue weighted by atomic mass is 35.5. The second-order valence-electron chi connectivity index (χ2n) is 5.55. The van der Waals surface area contributed by atoms with Gasteiger partial charge < -0.3 is 15.8 Å². The van der Waals surface area contributed by atoms with E-state index >= 15 is 0 Å². The standard InChI is InChI=1S/C18H19F3N2O2.ClH/c1-12-2-4-13(5-3-12)16(22)17(24)23-10-11-25-15-8-6-14(7-9-15)18(19,20)21;/h2-9,16H,10-11,22H2,1H3,(H,23,24);1H. The minimum Gasteiger partial charge on any atom is -0.492 e. The van der Waals surface area contributed by atoms with E-state index in [1.807, 2.05) is 19.1 Å². The van der Waals surface area contributed by atoms with Crippen molar-refractivity contribution in [3.05, 3.63) is 65.2 Å². The van der Waals surface area contributed by atoms with Crippen LogP contribution in [-0.2, 0) is 11.0 Å². The van der Waals surface area contributed by atoms with Gasteiger partial charge in [0.15, 0.2) is 0 Å². The van der Waals surface area contributed by atoms with Crippen LogP contribution in [-0.4, -0.2) is 19.1 Å². The molecule has 3 N–H and O–H groups in total. The number of carbonyl (C=O) groups excluding carboxylic acids is 1. The molecule has 1 amide bonds. The van der Waals surface area contributed by atoms with E-state index in [9.17, 15) is 18.0 Å². The maximum absolute atomic E-state index is 12.5. The van der Waals surface area contributed by atoms with Gasteiger partial charge in [-0.25, -0.2) is 0 Å². The topological polar surface area (TPSA) is 64.4 Å². The van der Waals surface area contributed by atoms with Gasteiger partial charge in [0.2, 0.25) is 5.91 Å². The van der Waals surface area contributed by atoms with Crippen LogP contribution in [0.15, 0.2) is 48.5 Å². The van der Waals surface area contributed by atoms with Gasteiger partial charge >= 0.3 is 6.18 Å². The average Bonchev–Trinajstić information content (AvgIpc) is 2.58. The zero-order chi connectivity index (χ0) is 18.4. The van der Waals surface area contributed by atoms with E-state index < -0.39 is 17.8 Å². The molecule has 0 aliphatic heterocycles. The van der Waals surface area contributed by atoms with Gasteiger partial charge in [0, 0.05) is 0 Å². The maximum Gasteiger partial charge on any atom is 0.416 e. The highest BCUT2D eigenvalue weighted by Crippen LogP contribution is 2.30. The van der Waals surface area contributed by atoms with Crippen molar-refractivity contribution in [1.29, 1.82) is 0 Å². The van der Waals surface area contributed by atoms with Crippen molar-refractivity contribution in [1.82, 2.24) is 5.32 Å². The summed E-state index contributed by atoms with van der Waals surface area (Å²) in [6.07, 6.45) is -4.38. The number of aryl methyl sites for hydroxylation is 1. The third kappa shape index (κ3) is 6.24. The number of alkyl halides is 3. The second-order valence-corrected chi connectivity index (χ2v) is 5.55. The Kier molecular flexibility index (Phi) is 7.92. The first-order valence-corrected chi connectivity index (χ1v) is 7.67. The Morgan fingerprint density at radius 1 is 1.12 bits per heavy atom. The fourth-order valence-corrected chi connectivity index (χ4v) is 2.12. The van der Waals surface area contributed by atoms with Gasteiger partial charge in [-0.05, 0) is 36.8 Å². The number of nitrogens with two attached hydrogens (primary N) is 1. The van der Waals surface area contributed by atoms with E-state index in [2.05, 4.69) is 5.32 Å². The molecular weight excluding hydrogens is 369 g/mol. The molecular formula is C18H20ClF3N2O2. The van der Waals surface area contributed by atoms with Crippen molar-refractivity contribution in [2.75, 3.05) is 13.2 Å². The molecule has 1 atom stereocenters. The van der Waals surface area contributed by atoms with E-state index in [0.717, 1.165) is 17.7 Å². The highest BCUT2D eigenvalue weighted by molar-refractivity contribution is 5.85. The van der Waals surface area contributed by atoms with E-state index in [-0.39, 0.29) is 31.5 Å². The normalized spacial score (nSPS) is 12.0. The fraction of sp³-hybridized carbons (Fsp3) is 0.278. The molecule has 142 valence electrons. The lowest BCUT2D eigenvalue weighted by Gasteiger charge is -2.13. The molecule has 2 aromatic carbocycles. The SMILES string of the molecule is Cc1ccc(C(N)C(=O)NCCOc2ccc(C(F)(F)F)cc2)cc1.Cl. The lowest BCUT2D eigenvalue weighted by Crippen LogP contribution is -2.36. The molecule has 26 heavy (non-hydrogen) atoms. The van der Waals surface area contributed by atoms with Crippen molar-refractivity contribution in [2.45, 2.75) is 19.1 Å². The number of hydrogen-bond donors (Lipinski definition) is 2. The van der Waals surface area contributed by atoms with Crippen LogP contribution in [0.1, 0.15) is 22.7 Å². The molecule has 0 saturated heterocycles. The van der Waals surface area contributed by atoms with Gasteiger partial charge in [0.25, 0.3) is 0 Å². The van der Waals surface area contributed by atoms with E-state index in [4.69, 9.17) is 10.5 Å². The van der Waals surface area contributed by atoms with Crippen LogP contribution in [0.25, 0.3) is 0 Å². The van der Waals surface area contributed by atoms with E-state index in [1.165, 1.54) is 12.1 Å². The number of rotatable bonds is 6. The molecule has 0 radical (unpaired) electrons. The van der Waals surface area contributed by atoms with Crippen molar-refractivity contribution >= 4 is 18.3 Å². The summed E-state index contributed by atoms with van der Waals surface area (Å²) >= 11 is 0. The van der Waals surface area contributed by atoms with E-state index in [1.54, 1.807) is 12.1 Å². The molecule has 1 unspecified atom stereocenters. The Morgan fingerprint density at radius 3 is 2.23 bits per heavy atom. The Morgan fingerprint density at radius 2 is 1.69 bits per heavy atom. The van der Waals surface area contributed by atoms with Crippen molar-refractivity contribution in [3.63, 3.8) is 0 Å². The Labute approximate surface area is 155 Å². The van der Waals surface area contributed by atoms with Gasteiger partial charge in [-0.3, -0.25) is 4.79 Å². The van der Waals surface area contributed by atoms with Crippen LogP contribution < -0.4 is 15.8 Å². The van der Waals surface area contributed by atoms with Crippen LogP contribution in [0.4, 0.5) is 13.2 Å². The lowest BCUT2D eigenvalue weighted by molar-refractivity contribution is -0.137. The summed E-state index contributed by atoms with van der Waals surface area (Å²) in [5.41, 5.74) is 6.91. The molecule has 0 saturated carbocycles. The molecule has 8 heteroatoms. The molecule has 4 nitrogen and oxygen atoms in total. The smallest absolute Gasteiger partial charge is 0.416 e. The lowest BCUT2D eigenvalue weighted by atomic mass is 10.1. The minimum atomic E-state index is -4.38. The summed E-state index contributed by atoms with van der Waals surface area (Å²) in [7, 11) is 0. The molecule has 0 heterocycles. The molecule has 0 aliphatic carbocycles. The number of halogens is 4. The van der Waals surface area contributed by atoms with Crippen molar-refractivity contribution in [3.8, 4) is 5.75 Å². The summed E-state index contributed by atoms with van der Waals surface area (Å²) in [6, 6.07) is 10.9. The summed E-state index contributed by atoms with van der Waals surface area (Å²) < 4.78 is 42.7. The van der Waals surface area contributed by atoms with Crippen LogP contribution in [0.2, 0.25) is 0 Å². The number of carbonyl (C=O) groups is 1. The summed E-state index contributed by atoms with van der Waals surface area (Å²) in [5.74, 6) is -0.0510. The minimum absolute atomic E-state index is 0. The largest absolute Gasteiger partial charge is 0.492 e. The summed E-state index contributed by atoms with van der Waals surface area (Å²) in [5, 5.41) is 2.63. The maximum atomic E-state index is 12.5. The number of ether oxygens (including phenoxy) is 1. The zero-order valence-electron chi connectivity index (χ0n) is 14.0. The Balaban J connectivity index is 0.00000338. The second kappa shape index (κ2) is 9.45. The molecule has 2 aromatic rings. The molecule has 0 spiro atoms. The van der Waals surface area contributed by atoms with Gasteiger partial charge in [-0.2, -0.15) is 13.2 Å². The quantitative estimate of drug-likeness (QED) is 0.743. The van der Waals surface area contributed by atoms with Gasteiger partial charge in [-0.1, -0.05) is 29.8 Å². The number of amides is 1. The van der Waals surface area contributed by atoms with E-state index in [0.29, 0.717) is 11.3 Å². The van der Waals surface area contributed by atoms with Crippen molar-refractivity contribution in [2.24, 2.45) is 5.73 Å². The van der Waals surface area contributed by atoms with Gasteiger partial charge in [-0.15, -0.1) is 12.4 Å². The monoisotopic (exact) mass is 388 g/mol. The molecule has 0 bridgehead atoms. The highest BCUT2D eigenvalue weighted by Gasteiger charge is 2.30. The number of benzene rings is 2. The summed E-state index contributed by atoms with van der Waals surface area (Å²) in [6.45, 7) is 2.26. The first-order chi connectivity index (χ1) is 11.8.